The van der Waals surface area contributed by atoms with E-state index in [9.17, 15) is 0 Å². The van der Waals surface area contributed by atoms with Gasteiger partial charge in [-0.15, -0.1) is 0 Å². The van der Waals surface area contributed by atoms with E-state index in [0.29, 0.717) is 0 Å². The molecule has 0 nitrogen and oxygen atoms in total. The zero-order valence-corrected chi connectivity index (χ0v) is 17.7. The monoisotopic (exact) mass is 400 g/mol. The minimum absolute atomic E-state index is 0.847. The maximum atomic E-state index is 3.02. The Hall–Kier alpha value is 1.16. The topological polar surface area (TPSA) is 0 Å². The van der Waals surface area contributed by atoms with Gasteiger partial charge in [0.15, 0.2) is 0 Å². The van der Waals surface area contributed by atoms with Gasteiger partial charge >= 0.3 is 136 Å². The molecule has 118 valence electrons. The van der Waals surface area contributed by atoms with E-state index in [2.05, 4.69) is 77.4 Å². The van der Waals surface area contributed by atoms with Gasteiger partial charge < -0.3 is 0 Å². The molecule has 0 radical (unpaired) electrons. The molecule has 0 aromatic rings. The molecule has 0 saturated carbocycles. The normalized spacial score (nSPS) is 15.5. The van der Waals surface area contributed by atoms with Crippen molar-refractivity contribution in [3.05, 3.63) is 0 Å². The zero-order valence-electron chi connectivity index (χ0n) is 14.7. The SMILES string of the molecule is CC(C)CCP(I)(CC(C)C)(CC(C)C)CC(C)C. The average Bonchev–Trinajstić information content (AvgIpc) is 2.10. The van der Waals surface area contributed by atoms with Crippen LogP contribution < -0.4 is 0 Å². The van der Waals surface area contributed by atoms with Crippen LogP contribution >= 0.6 is 26.3 Å². The van der Waals surface area contributed by atoms with Crippen molar-refractivity contribution in [2.75, 3.05) is 24.6 Å². The summed E-state index contributed by atoms with van der Waals surface area (Å²) in [7, 11) is 0. The summed E-state index contributed by atoms with van der Waals surface area (Å²) in [4.78, 5) is 0. The van der Waals surface area contributed by atoms with Gasteiger partial charge in [0.25, 0.3) is 0 Å². The summed E-state index contributed by atoms with van der Waals surface area (Å²) in [6.07, 6.45) is 7.42. The second-order valence-corrected chi connectivity index (χ2v) is 21.8. The maximum absolute atomic E-state index is 3.02. The van der Waals surface area contributed by atoms with Crippen LogP contribution in [0.5, 0.6) is 0 Å². The van der Waals surface area contributed by atoms with E-state index in [1.54, 1.807) is 0 Å². The predicted octanol–water partition coefficient (Wildman–Crippen LogP) is 6.90. The molecule has 0 N–H and O–H groups in total. The summed E-state index contributed by atoms with van der Waals surface area (Å²) in [5.41, 5.74) is 0. The van der Waals surface area contributed by atoms with Gasteiger partial charge in [0.2, 0.25) is 0 Å². The first-order valence-electron chi connectivity index (χ1n) is 8.19. The number of hydrogen-bond donors (Lipinski definition) is 0. The molecule has 2 heteroatoms. The molecule has 0 fully saturated rings. The predicted molar refractivity (Wildman–Crippen MR) is 104 cm³/mol. The molecule has 0 unspecified atom stereocenters. The van der Waals surface area contributed by atoms with Crippen LogP contribution in [-0.4, -0.2) is 24.6 Å². The molecular formula is C17H38IP. The van der Waals surface area contributed by atoms with Crippen molar-refractivity contribution < 1.29 is 0 Å². The van der Waals surface area contributed by atoms with Gasteiger partial charge in [-0.05, 0) is 0 Å². The first-order chi connectivity index (χ1) is 8.46. The summed E-state index contributed by atoms with van der Waals surface area (Å²) in [5, 5.41) is 0. The van der Waals surface area contributed by atoms with Gasteiger partial charge in [0, 0.05) is 0 Å². The van der Waals surface area contributed by atoms with Crippen molar-refractivity contribution in [2.45, 2.75) is 61.8 Å². The van der Waals surface area contributed by atoms with Crippen LogP contribution in [0.1, 0.15) is 61.8 Å². The number of rotatable bonds is 9. The molecule has 0 rings (SSSR count). The zero-order chi connectivity index (χ0) is 15.3. The Morgan fingerprint density at radius 1 is 0.632 bits per heavy atom. The Labute approximate surface area is 136 Å². The van der Waals surface area contributed by atoms with E-state index in [4.69, 9.17) is 0 Å². The fourth-order valence-corrected chi connectivity index (χ4v) is 19.4. The molecule has 0 amide bonds. The van der Waals surface area contributed by atoms with E-state index < -0.39 is 4.25 Å². The quantitative estimate of drug-likeness (QED) is 0.292. The van der Waals surface area contributed by atoms with E-state index in [-0.39, 0.29) is 0 Å². The summed E-state index contributed by atoms with van der Waals surface area (Å²) >= 11 is 3.02. The van der Waals surface area contributed by atoms with E-state index >= 15 is 0 Å². The second-order valence-electron chi connectivity index (χ2n) is 8.46. The van der Waals surface area contributed by atoms with Crippen LogP contribution in [0.15, 0.2) is 0 Å². The average molecular weight is 400 g/mol. The molecule has 0 aliphatic carbocycles. The number of halogens is 1. The molecule has 0 spiro atoms. The molecule has 0 aliphatic rings. The second kappa shape index (κ2) is 7.97. The van der Waals surface area contributed by atoms with Crippen LogP contribution in [0.25, 0.3) is 0 Å². The molecule has 0 heterocycles. The van der Waals surface area contributed by atoms with Crippen molar-refractivity contribution in [3.63, 3.8) is 0 Å². The molecule has 0 saturated heterocycles. The van der Waals surface area contributed by atoms with Gasteiger partial charge in [-0.1, -0.05) is 0 Å². The van der Waals surface area contributed by atoms with Gasteiger partial charge in [0.1, 0.15) is 0 Å². The Morgan fingerprint density at radius 3 is 1.16 bits per heavy atom. The van der Waals surface area contributed by atoms with E-state index in [1.807, 2.05) is 0 Å². The third-order valence-electron chi connectivity index (χ3n) is 3.73. The Balaban J connectivity index is 5.28. The minimum atomic E-state index is -1.56. The molecule has 0 aromatic carbocycles. The van der Waals surface area contributed by atoms with Crippen molar-refractivity contribution in [1.82, 2.24) is 0 Å². The standard InChI is InChI=1S/C17H38IP/c1-14(2)9-10-19(18,11-15(3)4,12-16(5)6)13-17(7)8/h14-17H,9-13H2,1-8H3. The van der Waals surface area contributed by atoms with Crippen LogP contribution in [-0.2, 0) is 0 Å². The van der Waals surface area contributed by atoms with E-state index in [1.165, 1.54) is 31.1 Å². The molecular weight excluding hydrogens is 362 g/mol. The first-order valence-corrected chi connectivity index (χ1v) is 13.9. The van der Waals surface area contributed by atoms with Gasteiger partial charge in [0.05, 0.1) is 0 Å². The van der Waals surface area contributed by atoms with Crippen molar-refractivity contribution >= 4 is 26.3 Å². The van der Waals surface area contributed by atoms with Crippen LogP contribution in [0, 0.1) is 23.7 Å². The van der Waals surface area contributed by atoms with Crippen LogP contribution in [0.2, 0.25) is 0 Å². The summed E-state index contributed by atoms with van der Waals surface area (Å²) in [6, 6.07) is 0. The van der Waals surface area contributed by atoms with Crippen LogP contribution in [0.3, 0.4) is 0 Å². The van der Waals surface area contributed by atoms with Crippen LogP contribution in [0.4, 0.5) is 0 Å². The Kier molecular flexibility index (Phi) is 8.45. The molecule has 19 heavy (non-hydrogen) atoms. The molecule has 0 bridgehead atoms. The molecule has 0 atom stereocenters. The first kappa shape index (κ1) is 20.2. The fraction of sp³-hybridized carbons (Fsp3) is 1.00. The molecule has 0 aliphatic heterocycles. The fourth-order valence-electron chi connectivity index (χ4n) is 3.82. The summed E-state index contributed by atoms with van der Waals surface area (Å²) in [6.45, 7) is 19.3. The molecule has 0 aromatic heterocycles. The van der Waals surface area contributed by atoms with Crippen molar-refractivity contribution in [1.29, 1.82) is 0 Å². The van der Waals surface area contributed by atoms with Crippen molar-refractivity contribution in [3.8, 4) is 0 Å². The van der Waals surface area contributed by atoms with E-state index in [0.717, 1.165) is 23.7 Å². The summed E-state index contributed by atoms with van der Waals surface area (Å²) in [5.74, 6) is 3.39. The van der Waals surface area contributed by atoms with Gasteiger partial charge in [-0.25, -0.2) is 0 Å². The Bertz CT molecular complexity index is 227. The third kappa shape index (κ3) is 8.24. The van der Waals surface area contributed by atoms with Gasteiger partial charge in [-0.3, -0.25) is 0 Å². The van der Waals surface area contributed by atoms with Crippen molar-refractivity contribution in [2.24, 2.45) is 23.7 Å². The number of hydrogen-bond acceptors (Lipinski definition) is 0. The summed E-state index contributed by atoms with van der Waals surface area (Å²) < 4.78 is -1.56. The Morgan fingerprint density at radius 2 is 0.947 bits per heavy atom. The third-order valence-corrected chi connectivity index (χ3v) is 15.0. The van der Waals surface area contributed by atoms with Gasteiger partial charge in [-0.2, -0.15) is 0 Å².